The van der Waals surface area contributed by atoms with Crippen LogP contribution in [0.2, 0.25) is 0 Å². The first-order valence-corrected chi connectivity index (χ1v) is 9.76. The second-order valence-corrected chi connectivity index (χ2v) is 10.3. The third kappa shape index (κ3) is 3.74. The predicted molar refractivity (Wildman–Crippen MR) is 83.7 cm³/mol. The lowest BCUT2D eigenvalue weighted by molar-refractivity contribution is -0.117. The van der Waals surface area contributed by atoms with E-state index in [1.54, 1.807) is 0 Å². The second kappa shape index (κ2) is 5.93. The summed E-state index contributed by atoms with van der Waals surface area (Å²) in [6.07, 6.45) is 3.22. The molecular formula is C13H22N3O4P. The summed E-state index contributed by atoms with van der Waals surface area (Å²) in [4.78, 5) is 11.2. The average Bonchev–Trinajstić information content (AvgIpc) is 2.64. The van der Waals surface area contributed by atoms with Crippen molar-refractivity contribution in [2.24, 2.45) is 5.10 Å². The summed E-state index contributed by atoms with van der Waals surface area (Å²) in [6.45, 7) is 6.65. The summed E-state index contributed by atoms with van der Waals surface area (Å²) in [6, 6.07) is 0. The van der Waals surface area contributed by atoms with Gasteiger partial charge in [0.2, 0.25) is 0 Å². The number of hydrazone groups is 1. The number of hydrogen-bond donors (Lipinski definition) is 3. The molecule has 2 heterocycles. The van der Waals surface area contributed by atoms with E-state index in [4.69, 9.17) is 4.74 Å². The van der Waals surface area contributed by atoms with Gasteiger partial charge in [-0.25, -0.2) is 5.01 Å². The Labute approximate surface area is 124 Å². The van der Waals surface area contributed by atoms with Crippen molar-refractivity contribution in [2.45, 2.75) is 31.0 Å². The van der Waals surface area contributed by atoms with Crippen molar-refractivity contribution in [1.82, 2.24) is 10.3 Å². The molecule has 0 aliphatic carbocycles. The largest absolute Gasteiger partial charge is 0.388 e. The molecule has 8 heteroatoms. The van der Waals surface area contributed by atoms with Gasteiger partial charge in [0.1, 0.15) is 24.2 Å². The number of aliphatic hydroxyl groups is 2. The van der Waals surface area contributed by atoms with Crippen molar-refractivity contribution in [3.63, 3.8) is 0 Å². The van der Waals surface area contributed by atoms with Crippen LogP contribution in [0.3, 0.4) is 0 Å². The summed E-state index contributed by atoms with van der Waals surface area (Å²) in [5, 5.41) is 27.9. The maximum atomic E-state index is 11.2. The Bertz CT molecular complexity index is 516. The van der Waals surface area contributed by atoms with Crippen LogP contribution in [0, 0.1) is 0 Å². The summed E-state index contributed by atoms with van der Waals surface area (Å²) in [7, 11) is 0. The number of amides is 1. The van der Waals surface area contributed by atoms with Gasteiger partial charge in [-0.1, -0.05) is 6.58 Å². The van der Waals surface area contributed by atoms with Crippen molar-refractivity contribution in [1.29, 1.82) is 0 Å². The molecule has 0 saturated carbocycles. The summed E-state index contributed by atoms with van der Waals surface area (Å²) in [5.41, 5.74) is 0. The molecular weight excluding hydrogens is 293 g/mol. The quantitative estimate of drug-likeness (QED) is 0.604. The van der Waals surface area contributed by atoms with Gasteiger partial charge in [-0.05, 0) is 25.9 Å². The lowest BCUT2D eigenvalue weighted by Gasteiger charge is -2.30. The molecule has 0 spiro atoms. The van der Waals surface area contributed by atoms with Crippen LogP contribution in [0.25, 0.3) is 0 Å². The Balaban J connectivity index is 2.06. The first-order chi connectivity index (χ1) is 9.69. The zero-order valence-corrected chi connectivity index (χ0v) is 13.2. The van der Waals surface area contributed by atoms with E-state index in [1.807, 2.05) is 0 Å². The molecule has 0 aromatic rings. The molecule has 0 bridgehead atoms. The topological polar surface area (TPSA) is 94.4 Å². The monoisotopic (exact) mass is 315 g/mol. The zero-order chi connectivity index (χ0) is 15.8. The van der Waals surface area contributed by atoms with E-state index in [0.717, 1.165) is 12.4 Å². The summed E-state index contributed by atoms with van der Waals surface area (Å²) < 4.78 is 5.72. The maximum absolute atomic E-state index is 11.2. The van der Waals surface area contributed by atoms with Crippen LogP contribution < -0.4 is 5.32 Å². The fraction of sp³-hybridized carbons (Fsp3) is 0.615. The van der Waals surface area contributed by atoms with E-state index >= 15 is 0 Å². The number of carbonyl (C=O) groups excluding carboxylic acids is 1. The van der Waals surface area contributed by atoms with Gasteiger partial charge in [0.25, 0.3) is 5.91 Å². The zero-order valence-electron chi connectivity index (χ0n) is 12.3. The number of rotatable bonds is 4. The summed E-state index contributed by atoms with van der Waals surface area (Å²) in [5.74, 6) is -0.172. The first kappa shape index (κ1) is 16.2. The maximum Gasteiger partial charge on any atom is 0.269 e. The van der Waals surface area contributed by atoms with Gasteiger partial charge in [-0.2, -0.15) is 5.10 Å². The molecule has 2 aliphatic rings. The van der Waals surface area contributed by atoms with Crippen molar-refractivity contribution in [2.75, 3.05) is 19.5 Å². The Morgan fingerprint density at radius 1 is 1.48 bits per heavy atom. The van der Waals surface area contributed by atoms with E-state index in [0.29, 0.717) is 6.42 Å². The van der Waals surface area contributed by atoms with Gasteiger partial charge in [-0.3, -0.25) is 4.79 Å². The molecule has 0 aromatic heterocycles. The van der Waals surface area contributed by atoms with Crippen molar-refractivity contribution >= 4 is 25.3 Å². The van der Waals surface area contributed by atoms with E-state index in [-0.39, 0.29) is 11.7 Å². The van der Waals surface area contributed by atoms with Crippen molar-refractivity contribution in [3.05, 3.63) is 12.4 Å². The SMILES string of the molecule is C=C1NC(=O)C=NN1C1O[C@H](CCP(=C)(C)C)[C@@H](O)[C@H]1O. The van der Waals surface area contributed by atoms with Crippen LogP contribution in [0.1, 0.15) is 6.42 Å². The minimum Gasteiger partial charge on any atom is -0.388 e. The average molecular weight is 315 g/mol. The fourth-order valence-electron chi connectivity index (χ4n) is 2.28. The predicted octanol–water partition coefficient (Wildman–Crippen LogP) is -0.579. The highest BCUT2D eigenvalue weighted by Crippen LogP contribution is 2.38. The van der Waals surface area contributed by atoms with E-state index in [2.05, 4.69) is 36.6 Å². The van der Waals surface area contributed by atoms with Crippen LogP contribution in [-0.2, 0) is 9.53 Å². The smallest absolute Gasteiger partial charge is 0.269 e. The molecule has 3 N–H and O–H groups in total. The number of carbonyl (C=O) groups is 1. The molecule has 21 heavy (non-hydrogen) atoms. The number of aliphatic hydroxyl groups excluding tert-OH is 2. The van der Waals surface area contributed by atoms with Crippen molar-refractivity contribution in [3.8, 4) is 0 Å². The lowest BCUT2D eigenvalue weighted by atomic mass is 10.1. The van der Waals surface area contributed by atoms with Crippen molar-refractivity contribution < 1.29 is 19.7 Å². The Kier molecular flexibility index (Phi) is 4.58. The Hall–Kier alpha value is -1.14. The van der Waals surface area contributed by atoms with Crippen LogP contribution in [0.4, 0.5) is 0 Å². The van der Waals surface area contributed by atoms with Crippen LogP contribution in [0.15, 0.2) is 17.5 Å². The van der Waals surface area contributed by atoms with Gasteiger partial charge in [-0.15, -0.1) is 13.2 Å². The summed E-state index contributed by atoms with van der Waals surface area (Å²) >= 11 is 0. The molecule has 7 nitrogen and oxygen atoms in total. The molecule has 118 valence electrons. The second-order valence-electron chi connectivity index (χ2n) is 6.02. The highest BCUT2D eigenvalue weighted by Gasteiger charge is 2.46. The molecule has 1 saturated heterocycles. The highest BCUT2D eigenvalue weighted by molar-refractivity contribution is 7.72. The molecule has 2 aliphatic heterocycles. The normalized spacial score (nSPS) is 33.4. The molecule has 0 radical (unpaired) electrons. The number of ether oxygens (including phenoxy) is 1. The number of hydrogen-bond acceptors (Lipinski definition) is 6. The first-order valence-electron chi connectivity index (χ1n) is 6.71. The third-order valence-electron chi connectivity index (χ3n) is 3.44. The van der Waals surface area contributed by atoms with Crippen LogP contribution >= 0.6 is 6.89 Å². The van der Waals surface area contributed by atoms with E-state index < -0.39 is 31.4 Å². The number of nitrogens with one attached hydrogen (secondary N) is 1. The number of nitrogens with zero attached hydrogens (tertiary/aromatic N) is 2. The third-order valence-corrected chi connectivity index (χ3v) is 4.91. The Morgan fingerprint density at radius 2 is 2.14 bits per heavy atom. The standard InChI is InChI=1S/C13H22N3O4P/c1-8-15-10(17)7-14-16(8)13-12(19)11(18)9(20-13)5-6-21(2,3)4/h7,9,11-13,18-19H,1-2,5-6H2,3-4H3,(H,15,17)/t9-,11-,12-,13?/m1/s1. The van der Waals surface area contributed by atoms with E-state index in [1.165, 1.54) is 5.01 Å². The minimum absolute atomic E-state index is 0.212. The van der Waals surface area contributed by atoms with Crippen LogP contribution in [-0.4, -0.2) is 77.7 Å². The van der Waals surface area contributed by atoms with Gasteiger partial charge in [0, 0.05) is 0 Å². The molecule has 1 fully saturated rings. The van der Waals surface area contributed by atoms with Crippen LogP contribution in [0.5, 0.6) is 0 Å². The van der Waals surface area contributed by atoms with Gasteiger partial charge in [0.05, 0.1) is 6.10 Å². The van der Waals surface area contributed by atoms with Gasteiger partial charge >= 0.3 is 0 Å². The van der Waals surface area contributed by atoms with E-state index in [9.17, 15) is 15.0 Å². The fourth-order valence-corrected chi connectivity index (χ4v) is 3.24. The van der Waals surface area contributed by atoms with Gasteiger partial charge in [0.15, 0.2) is 6.23 Å². The molecule has 2 rings (SSSR count). The highest BCUT2D eigenvalue weighted by atomic mass is 31.2. The van der Waals surface area contributed by atoms with Gasteiger partial charge < -0.3 is 20.3 Å². The Morgan fingerprint density at radius 3 is 2.71 bits per heavy atom. The molecule has 0 aromatic carbocycles. The molecule has 1 unspecified atom stereocenters. The lowest BCUT2D eigenvalue weighted by Crippen LogP contribution is -2.47. The minimum atomic E-state index is -1.23. The molecule has 4 atom stereocenters. The molecule has 1 amide bonds.